The minimum absolute atomic E-state index is 0.466. The Labute approximate surface area is 150 Å². The third kappa shape index (κ3) is 6.22. The highest BCUT2D eigenvalue weighted by Crippen LogP contribution is 2.32. The van der Waals surface area contributed by atoms with Crippen molar-refractivity contribution in [1.82, 2.24) is 0 Å². The van der Waals surface area contributed by atoms with Crippen molar-refractivity contribution in [1.29, 1.82) is 0 Å². The van der Waals surface area contributed by atoms with Crippen molar-refractivity contribution in [3.63, 3.8) is 0 Å². The van der Waals surface area contributed by atoms with Crippen LogP contribution < -0.4 is 0 Å². The Balaban J connectivity index is 1.64. The SMILES string of the molecule is CC(C)C1CC=C(CCC(=O)CCC2=CCC(C(C)C)CC2)CC1. The molecule has 2 atom stereocenters. The Morgan fingerprint density at radius 2 is 1.29 bits per heavy atom. The van der Waals surface area contributed by atoms with Crippen molar-refractivity contribution in [2.75, 3.05) is 0 Å². The molecule has 0 heterocycles. The van der Waals surface area contributed by atoms with Gasteiger partial charge in [0.15, 0.2) is 0 Å². The van der Waals surface area contributed by atoms with Gasteiger partial charge in [-0.2, -0.15) is 0 Å². The maximum atomic E-state index is 12.2. The zero-order chi connectivity index (χ0) is 17.5. The lowest BCUT2D eigenvalue weighted by atomic mass is 9.80. The maximum Gasteiger partial charge on any atom is 0.133 e. The van der Waals surface area contributed by atoms with Crippen molar-refractivity contribution in [3.8, 4) is 0 Å². The standard InChI is InChI=1S/C23H38O/c1-17(2)21-11-5-19(6-12-21)9-15-23(24)16-10-20-7-13-22(14-8-20)18(3)4/h5,7,17-18,21-22H,6,8-16H2,1-4H3. The number of hydrogen-bond acceptors (Lipinski definition) is 1. The Hall–Kier alpha value is -0.850. The fourth-order valence-corrected chi connectivity index (χ4v) is 4.21. The van der Waals surface area contributed by atoms with Crippen LogP contribution in [0.5, 0.6) is 0 Å². The van der Waals surface area contributed by atoms with Crippen LogP contribution in [0.1, 0.15) is 91.9 Å². The first kappa shape index (κ1) is 19.5. The molecule has 0 radical (unpaired) electrons. The molecule has 136 valence electrons. The molecule has 24 heavy (non-hydrogen) atoms. The topological polar surface area (TPSA) is 17.1 Å². The molecular weight excluding hydrogens is 292 g/mol. The quantitative estimate of drug-likeness (QED) is 0.443. The average Bonchev–Trinajstić information content (AvgIpc) is 2.58. The summed E-state index contributed by atoms with van der Waals surface area (Å²) in [5, 5.41) is 0. The molecule has 1 nitrogen and oxygen atoms in total. The summed E-state index contributed by atoms with van der Waals surface area (Å²) in [5.74, 6) is 3.77. The molecule has 2 rings (SSSR count). The summed E-state index contributed by atoms with van der Waals surface area (Å²) in [4.78, 5) is 12.2. The average molecular weight is 331 g/mol. The molecule has 0 aromatic carbocycles. The molecule has 1 heteroatoms. The zero-order valence-corrected chi connectivity index (χ0v) is 16.4. The van der Waals surface area contributed by atoms with Gasteiger partial charge in [0.05, 0.1) is 0 Å². The zero-order valence-electron chi connectivity index (χ0n) is 16.4. The smallest absolute Gasteiger partial charge is 0.133 e. The summed E-state index contributed by atoms with van der Waals surface area (Å²) in [6.07, 6.45) is 15.9. The number of Topliss-reactive ketones (excluding diaryl/α,β-unsaturated/α-hetero) is 1. The molecular formula is C23H38O. The number of carbonyl (C=O) groups is 1. The van der Waals surface area contributed by atoms with E-state index in [0.717, 1.165) is 49.4 Å². The number of rotatable bonds is 8. The van der Waals surface area contributed by atoms with Gasteiger partial charge in [0.2, 0.25) is 0 Å². The molecule has 0 aliphatic heterocycles. The molecule has 2 aliphatic rings. The molecule has 0 aromatic rings. The van der Waals surface area contributed by atoms with Crippen LogP contribution in [0, 0.1) is 23.7 Å². The summed E-state index contributed by atoms with van der Waals surface area (Å²) in [5.41, 5.74) is 3.08. The van der Waals surface area contributed by atoms with Crippen LogP contribution >= 0.6 is 0 Å². The Morgan fingerprint density at radius 1 is 0.875 bits per heavy atom. The van der Waals surface area contributed by atoms with E-state index in [-0.39, 0.29) is 0 Å². The van der Waals surface area contributed by atoms with Gasteiger partial charge in [-0.3, -0.25) is 4.79 Å². The van der Waals surface area contributed by atoms with E-state index in [1.165, 1.54) is 49.7 Å². The predicted molar refractivity (Wildman–Crippen MR) is 104 cm³/mol. The molecule has 0 amide bonds. The van der Waals surface area contributed by atoms with Crippen LogP contribution in [0.4, 0.5) is 0 Å². The van der Waals surface area contributed by atoms with Crippen molar-refractivity contribution >= 4 is 5.78 Å². The number of carbonyl (C=O) groups excluding carboxylic acids is 1. The van der Waals surface area contributed by atoms with Gasteiger partial charge in [0.25, 0.3) is 0 Å². The number of hydrogen-bond donors (Lipinski definition) is 0. The van der Waals surface area contributed by atoms with Crippen molar-refractivity contribution in [3.05, 3.63) is 23.3 Å². The van der Waals surface area contributed by atoms with E-state index < -0.39 is 0 Å². The second-order valence-corrected chi connectivity index (χ2v) is 8.82. The first-order valence-corrected chi connectivity index (χ1v) is 10.3. The highest BCUT2D eigenvalue weighted by Gasteiger charge is 2.19. The summed E-state index contributed by atoms with van der Waals surface area (Å²) < 4.78 is 0. The van der Waals surface area contributed by atoms with E-state index in [1.54, 1.807) is 0 Å². The predicted octanol–water partition coefficient (Wildman–Crippen LogP) is 6.88. The van der Waals surface area contributed by atoms with Crippen LogP contribution in [0.15, 0.2) is 23.3 Å². The molecule has 2 unspecified atom stereocenters. The van der Waals surface area contributed by atoms with Gasteiger partial charge in [-0.25, -0.2) is 0 Å². The van der Waals surface area contributed by atoms with Gasteiger partial charge in [-0.05, 0) is 75.0 Å². The van der Waals surface area contributed by atoms with Gasteiger partial charge in [0, 0.05) is 12.8 Å². The molecule has 0 aromatic heterocycles. The van der Waals surface area contributed by atoms with E-state index in [9.17, 15) is 4.79 Å². The van der Waals surface area contributed by atoms with Crippen molar-refractivity contribution in [2.24, 2.45) is 23.7 Å². The largest absolute Gasteiger partial charge is 0.300 e. The van der Waals surface area contributed by atoms with Gasteiger partial charge < -0.3 is 0 Å². The van der Waals surface area contributed by atoms with Gasteiger partial charge in [-0.15, -0.1) is 0 Å². The van der Waals surface area contributed by atoms with E-state index in [1.807, 2.05) is 0 Å². The van der Waals surface area contributed by atoms with E-state index in [0.29, 0.717) is 5.78 Å². The molecule has 0 saturated heterocycles. The Morgan fingerprint density at radius 3 is 1.58 bits per heavy atom. The lowest BCUT2D eigenvalue weighted by Crippen LogP contribution is -2.13. The molecule has 0 fully saturated rings. The first-order valence-electron chi connectivity index (χ1n) is 10.3. The van der Waals surface area contributed by atoms with E-state index >= 15 is 0 Å². The molecule has 0 saturated carbocycles. The monoisotopic (exact) mass is 330 g/mol. The number of allylic oxidation sites excluding steroid dienone is 4. The van der Waals surface area contributed by atoms with Gasteiger partial charge in [0.1, 0.15) is 5.78 Å². The third-order valence-corrected chi connectivity index (χ3v) is 6.43. The second kappa shape index (κ2) is 9.59. The Kier molecular flexibility index (Phi) is 7.78. The van der Waals surface area contributed by atoms with Crippen LogP contribution in [0.2, 0.25) is 0 Å². The summed E-state index contributed by atoms with van der Waals surface area (Å²) in [6.45, 7) is 9.32. The minimum atomic E-state index is 0.466. The first-order chi connectivity index (χ1) is 11.5. The summed E-state index contributed by atoms with van der Waals surface area (Å²) >= 11 is 0. The fraction of sp³-hybridized carbons (Fsp3) is 0.783. The molecule has 0 N–H and O–H groups in total. The summed E-state index contributed by atoms with van der Waals surface area (Å²) in [7, 11) is 0. The van der Waals surface area contributed by atoms with Crippen LogP contribution in [-0.2, 0) is 4.79 Å². The molecule has 0 bridgehead atoms. The maximum absolute atomic E-state index is 12.2. The highest BCUT2D eigenvalue weighted by molar-refractivity contribution is 5.78. The van der Waals surface area contributed by atoms with Crippen molar-refractivity contribution < 1.29 is 4.79 Å². The highest BCUT2D eigenvalue weighted by atomic mass is 16.1. The van der Waals surface area contributed by atoms with Gasteiger partial charge in [-0.1, -0.05) is 51.0 Å². The lowest BCUT2D eigenvalue weighted by Gasteiger charge is -2.25. The second-order valence-electron chi connectivity index (χ2n) is 8.82. The van der Waals surface area contributed by atoms with E-state index in [4.69, 9.17) is 0 Å². The molecule has 0 spiro atoms. The van der Waals surface area contributed by atoms with Gasteiger partial charge >= 0.3 is 0 Å². The van der Waals surface area contributed by atoms with Crippen molar-refractivity contribution in [2.45, 2.75) is 91.9 Å². The fourth-order valence-electron chi connectivity index (χ4n) is 4.21. The van der Waals surface area contributed by atoms with Crippen LogP contribution in [0.25, 0.3) is 0 Å². The minimum Gasteiger partial charge on any atom is -0.300 e. The third-order valence-electron chi connectivity index (χ3n) is 6.43. The number of ketones is 1. The normalized spacial score (nSPS) is 24.9. The summed E-state index contributed by atoms with van der Waals surface area (Å²) in [6, 6.07) is 0. The van der Waals surface area contributed by atoms with Crippen LogP contribution in [0.3, 0.4) is 0 Å². The molecule has 2 aliphatic carbocycles. The van der Waals surface area contributed by atoms with Crippen LogP contribution in [-0.4, -0.2) is 5.78 Å². The lowest BCUT2D eigenvalue weighted by molar-refractivity contribution is -0.119. The Bertz CT molecular complexity index is 424. The van der Waals surface area contributed by atoms with E-state index in [2.05, 4.69) is 39.8 Å².